The maximum atomic E-state index is 14.1. The Bertz CT molecular complexity index is 2460. The molecule has 5 N–H and O–H groups in total. The van der Waals surface area contributed by atoms with Crippen LogP contribution in [-0.2, 0) is 16.1 Å². The Hall–Kier alpha value is -5.28. The number of carbonyl (C=O) groups excluding carboxylic acids is 2. The highest BCUT2D eigenvalue weighted by atomic mass is 32.1. The Morgan fingerprint density at radius 3 is 2.24 bits per heavy atom. The molecule has 2 amide bonds. The number of nitrogens with one attached hydrogen (secondary N) is 2. The minimum absolute atomic E-state index is 0.0996. The van der Waals surface area contributed by atoms with Gasteiger partial charge in [0, 0.05) is 36.5 Å². The normalized spacial score (nSPS) is 17.4. The third-order valence-electron chi connectivity index (χ3n) is 13.6. The highest BCUT2D eigenvalue weighted by molar-refractivity contribution is 7.13. The molecule has 13 nitrogen and oxygen atoms in total. The van der Waals surface area contributed by atoms with Crippen molar-refractivity contribution in [3.05, 3.63) is 94.9 Å². The lowest BCUT2D eigenvalue weighted by Crippen LogP contribution is -2.58. The number of β-amino-alcohol motifs (C(OH)–C–C–N with tert-alkyl or cyclic N) is 1. The minimum atomic E-state index is -1.06. The predicted molar refractivity (Wildman–Crippen MR) is 267 cm³/mol. The van der Waals surface area contributed by atoms with Crippen molar-refractivity contribution in [3.63, 3.8) is 0 Å². The van der Waals surface area contributed by atoms with Gasteiger partial charge in [0.25, 0.3) is 0 Å². The third kappa shape index (κ3) is 13.3. The van der Waals surface area contributed by atoms with E-state index in [1.54, 1.807) is 23.7 Å². The van der Waals surface area contributed by atoms with E-state index in [9.17, 15) is 29.7 Å². The number of carboxylic acids is 1. The fourth-order valence-corrected chi connectivity index (χ4v) is 10.6. The molecule has 2 aliphatic rings. The minimum Gasteiger partial charge on any atom is -0.494 e. The summed E-state index contributed by atoms with van der Waals surface area (Å²) in [6.45, 7) is 8.87. The molecular formula is C54H70N6O7S. The zero-order valence-corrected chi connectivity index (χ0v) is 41.0. The van der Waals surface area contributed by atoms with Gasteiger partial charge >= 0.3 is 5.97 Å². The van der Waals surface area contributed by atoms with E-state index in [1.807, 2.05) is 87.8 Å². The van der Waals surface area contributed by atoms with Crippen LogP contribution in [0.1, 0.15) is 150 Å². The number of hydrogen-bond donors (Lipinski definition) is 5. The Kier molecular flexibility index (Phi) is 17.7. The molecule has 2 fully saturated rings. The summed E-state index contributed by atoms with van der Waals surface area (Å²) in [5.41, 5.74) is 8.09. The number of aliphatic hydroxyl groups is 2. The number of unbranched alkanes of at least 4 members (excludes halogenated alkanes) is 8. The summed E-state index contributed by atoms with van der Waals surface area (Å²) in [6, 6.07) is 18.1. The van der Waals surface area contributed by atoms with Gasteiger partial charge in [-0.1, -0.05) is 109 Å². The van der Waals surface area contributed by atoms with Crippen LogP contribution in [0.25, 0.3) is 32.6 Å². The van der Waals surface area contributed by atoms with E-state index in [0.717, 1.165) is 139 Å². The highest BCUT2D eigenvalue weighted by Crippen LogP contribution is 2.39. The molecule has 1 aliphatic heterocycles. The van der Waals surface area contributed by atoms with Crippen molar-refractivity contribution in [1.29, 1.82) is 0 Å². The van der Waals surface area contributed by atoms with Crippen molar-refractivity contribution in [3.8, 4) is 27.4 Å². The number of nitrogens with zero attached hydrogens (tertiary/aromatic N) is 4. The summed E-state index contributed by atoms with van der Waals surface area (Å²) in [5.74, 6) is -0.305. The monoisotopic (exact) mass is 947 g/mol. The average molecular weight is 947 g/mol. The zero-order chi connectivity index (χ0) is 48.2. The number of carbonyl (C=O) groups is 3. The van der Waals surface area contributed by atoms with E-state index < -0.39 is 35.8 Å². The van der Waals surface area contributed by atoms with Crippen molar-refractivity contribution < 1.29 is 34.4 Å². The van der Waals surface area contributed by atoms with Crippen LogP contribution in [0.4, 0.5) is 0 Å². The lowest BCUT2D eigenvalue weighted by Gasteiger charge is -2.37. The largest absolute Gasteiger partial charge is 0.494 e. The Balaban J connectivity index is 0.770. The fraction of sp³-hybridized carbons (Fsp3) is 0.519. The topological polar surface area (TPSA) is 187 Å². The Morgan fingerprint density at radius 2 is 1.56 bits per heavy atom. The number of fused-ring (bicyclic) bond motifs is 1. The van der Waals surface area contributed by atoms with Gasteiger partial charge in [-0.05, 0) is 91.3 Å². The molecule has 3 heterocycles. The molecule has 1 aliphatic carbocycles. The summed E-state index contributed by atoms with van der Waals surface area (Å²) in [7, 11) is 0. The van der Waals surface area contributed by atoms with E-state index >= 15 is 0 Å². The molecule has 364 valence electrons. The van der Waals surface area contributed by atoms with E-state index in [1.165, 1.54) is 4.90 Å². The maximum absolute atomic E-state index is 14.1. The van der Waals surface area contributed by atoms with Crippen LogP contribution in [-0.4, -0.2) is 90.5 Å². The molecule has 68 heavy (non-hydrogen) atoms. The van der Waals surface area contributed by atoms with E-state index in [4.69, 9.17) is 4.74 Å². The van der Waals surface area contributed by atoms with Crippen LogP contribution in [0.3, 0.4) is 0 Å². The lowest BCUT2D eigenvalue weighted by molar-refractivity contribution is -0.142. The second kappa shape index (κ2) is 23.8. The smallest absolute Gasteiger partial charge is 0.335 e. The molecule has 0 spiro atoms. The number of hydrogen-bond acceptors (Lipinski definition) is 11. The number of amides is 2. The number of rotatable bonds is 23. The summed E-state index contributed by atoms with van der Waals surface area (Å²) < 4.78 is 6.11. The quantitative estimate of drug-likeness (QED) is 0.0310. The van der Waals surface area contributed by atoms with E-state index in [2.05, 4.69) is 25.6 Å². The first-order chi connectivity index (χ1) is 32.8. The first-order valence-electron chi connectivity index (χ1n) is 24.7. The number of aryl methyl sites for hydroxylation is 1. The maximum Gasteiger partial charge on any atom is 0.335 e. The van der Waals surface area contributed by atoms with Crippen molar-refractivity contribution in [2.75, 3.05) is 13.2 Å². The number of benzene rings is 3. The van der Waals surface area contributed by atoms with Gasteiger partial charge < -0.3 is 30.3 Å². The van der Waals surface area contributed by atoms with Crippen LogP contribution in [0, 0.1) is 12.3 Å². The SMILES string of the molecule is Cc1ncsc1-c1ccc(CNC(O)[C@@H]2C[C@@H](O)CN2C(=O)[C@@H](NC(=O)CCCCCCCCCCCOc2ccc3c(-c4ccc(C(=O)O)c(C5CCCC5)c4)ncnc3c2)C(C)(C)C)cc1. The summed E-state index contributed by atoms with van der Waals surface area (Å²) in [6.07, 6.45) is 13.9. The number of carboxylic acid groups (broad SMARTS) is 1. The van der Waals surface area contributed by atoms with Crippen LogP contribution in [0.15, 0.2) is 72.5 Å². The Labute approximate surface area is 405 Å². The van der Waals surface area contributed by atoms with E-state index in [0.29, 0.717) is 25.1 Å². The number of thiazole rings is 1. The first kappa shape index (κ1) is 50.6. The number of aromatic carboxylic acids is 1. The molecule has 3 aromatic carbocycles. The predicted octanol–water partition coefficient (Wildman–Crippen LogP) is 9.97. The molecule has 0 radical (unpaired) electrons. The van der Waals surface area contributed by atoms with Crippen molar-refractivity contribution >= 4 is 40.0 Å². The van der Waals surface area contributed by atoms with Crippen molar-refractivity contribution in [1.82, 2.24) is 30.5 Å². The van der Waals surface area contributed by atoms with Gasteiger partial charge in [0.05, 0.1) is 51.6 Å². The van der Waals surface area contributed by atoms with Crippen LogP contribution >= 0.6 is 11.3 Å². The molecule has 7 rings (SSSR count). The summed E-state index contributed by atoms with van der Waals surface area (Å²) >= 11 is 1.60. The summed E-state index contributed by atoms with van der Waals surface area (Å²) in [5, 5.41) is 38.8. The van der Waals surface area contributed by atoms with Crippen LogP contribution in [0.2, 0.25) is 0 Å². The molecular weight excluding hydrogens is 877 g/mol. The van der Waals surface area contributed by atoms with Gasteiger partial charge in [-0.15, -0.1) is 11.3 Å². The van der Waals surface area contributed by atoms with Gasteiger partial charge in [-0.2, -0.15) is 0 Å². The van der Waals surface area contributed by atoms with Crippen molar-refractivity contribution in [2.45, 2.75) is 161 Å². The van der Waals surface area contributed by atoms with Crippen LogP contribution in [0.5, 0.6) is 5.75 Å². The summed E-state index contributed by atoms with van der Waals surface area (Å²) in [4.78, 5) is 55.4. The standard InChI is InChI=1S/C54H70N6O7S/c1-35-49(68-34-58-35)38-21-19-36(20-22-38)31-55-51(63)46-29-40(61)32-60(46)52(64)50(54(2,3)4)59-47(62)18-12-10-8-6-5-7-9-11-15-27-67-41-24-26-43-45(30-41)56-33-57-48(43)39-23-25-42(53(65)66)44(28-39)37-16-13-14-17-37/h19-26,28,30,33-34,37,40,46,50-51,55,61,63H,5-18,27,29,31-32H2,1-4H3,(H,59,62)(H,65,66)/t40-,46+,50-,51?/m1/s1. The molecule has 2 aromatic heterocycles. The molecule has 1 saturated heterocycles. The van der Waals surface area contributed by atoms with Gasteiger partial charge in [0.2, 0.25) is 11.8 Å². The second-order valence-electron chi connectivity index (χ2n) is 19.9. The van der Waals surface area contributed by atoms with E-state index in [-0.39, 0.29) is 30.7 Å². The van der Waals surface area contributed by atoms with Gasteiger partial charge in [0.1, 0.15) is 24.3 Å². The fourth-order valence-electron chi connectivity index (χ4n) is 9.81. The number of likely N-dealkylation sites (tertiary alicyclic amines) is 1. The second-order valence-corrected chi connectivity index (χ2v) is 20.7. The van der Waals surface area contributed by atoms with Gasteiger partial charge in [0.15, 0.2) is 0 Å². The van der Waals surface area contributed by atoms with Crippen LogP contribution < -0.4 is 15.4 Å². The first-order valence-corrected chi connectivity index (χ1v) is 25.6. The zero-order valence-electron chi connectivity index (χ0n) is 40.2. The molecule has 14 heteroatoms. The highest BCUT2D eigenvalue weighted by Gasteiger charge is 2.44. The molecule has 0 bridgehead atoms. The molecule has 1 saturated carbocycles. The molecule has 4 atom stereocenters. The third-order valence-corrected chi connectivity index (χ3v) is 14.6. The molecule has 5 aromatic rings. The van der Waals surface area contributed by atoms with Crippen molar-refractivity contribution in [2.24, 2.45) is 5.41 Å². The van der Waals surface area contributed by atoms with Gasteiger partial charge in [-0.25, -0.2) is 19.7 Å². The Morgan fingerprint density at radius 1 is 0.868 bits per heavy atom. The number of aliphatic hydroxyl groups excluding tert-OH is 2. The lowest BCUT2D eigenvalue weighted by atomic mass is 9.85. The average Bonchev–Trinajstić information content (AvgIpc) is 4.11. The molecule has 1 unspecified atom stereocenters. The number of ether oxygens (including phenoxy) is 1. The number of aromatic nitrogens is 3. The van der Waals surface area contributed by atoms with Gasteiger partial charge in [-0.3, -0.25) is 14.9 Å².